The second-order valence-corrected chi connectivity index (χ2v) is 7.89. The molecule has 1 aromatic heterocycles. The fourth-order valence-corrected chi connectivity index (χ4v) is 2.90. The highest BCUT2D eigenvalue weighted by atomic mass is 16.5. The zero-order chi connectivity index (χ0) is 21.9. The summed E-state index contributed by atoms with van der Waals surface area (Å²) in [6.45, 7) is 8.25. The Morgan fingerprint density at radius 2 is 1.70 bits per heavy atom. The van der Waals surface area contributed by atoms with Crippen LogP contribution in [0, 0.1) is 0 Å². The highest BCUT2D eigenvalue weighted by Crippen LogP contribution is 2.22. The third-order valence-electron chi connectivity index (χ3n) is 4.65. The van der Waals surface area contributed by atoms with Gasteiger partial charge in [0.1, 0.15) is 5.52 Å². The summed E-state index contributed by atoms with van der Waals surface area (Å²) in [5.41, 5.74) is 3.01. The van der Waals surface area contributed by atoms with Crippen molar-refractivity contribution in [1.29, 1.82) is 0 Å². The fraction of sp³-hybridized carbons (Fsp3) is 0.318. The summed E-state index contributed by atoms with van der Waals surface area (Å²) in [7, 11) is 0. The van der Waals surface area contributed by atoms with Crippen molar-refractivity contribution in [3.05, 3.63) is 59.2 Å². The molecule has 0 saturated carbocycles. The van der Waals surface area contributed by atoms with Crippen molar-refractivity contribution in [1.82, 2.24) is 20.3 Å². The summed E-state index contributed by atoms with van der Waals surface area (Å²) in [5.74, 6) is -1.93. The van der Waals surface area contributed by atoms with Gasteiger partial charge in [-0.25, -0.2) is 9.48 Å². The molecular formula is C22H24N4O4. The molecule has 0 unspecified atom stereocenters. The third-order valence-corrected chi connectivity index (χ3v) is 4.65. The minimum Gasteiger partial charge on any atom is -0.452 e. The molecule has 3 aromatic rings. The van der Waals surface area contributed by atoms with Gasteiger partial charge in [-0.2, -0.15) is 0 Å². The van der Waals surface area contributed by atoms with Crippen molar-refractivity contribution >= 4 is 28.8 Å². The fourth-order valence-electron chi connectivity index (χ4n) is 2.90. The molecule has 30 heavy (non-hydrogen) atoms. The molecule has 0 atom stereocenters. The normalized spacial score (nSPS) is 11.3. The lowest BCUT2D eigenvalue weighted by atomic mass is 9.87. The van der Waals surface area contributed by atoms with Gasteiger partial charge in [0.2, 0.25) is 0 Å². The van der Waals surface area contributed by atoms with Crippen LogP contribution in [0.5, 0.6) is 0 Å². The van der Waals surface area contributed by atoms with Gasteiger partial charge in [0.05, 0.1) is 11.1 Å². The van der Waals surface area contributed by atoms with Crippen LogP contribution in [0.1, 0.15) is 54.0 Å². The summed E-state index contributed by atoms with van der Waals surface area (Å²) in [6, 6.07) is 11.9. The molecule has 0 fully saturated rings. The van der Waals surface area contributed by atoms with Gasteiger partial charge in [-0.05, 0) is 48.2 Å². The molecule has 3 rings (SSSR count). The van der Waals surface area contributed by atoms with Gasteiger partial charge in [-0.1, -0.05) is 38.1 Å². The molecule has 0 bridgehead atoms. The average molecular weight is 408 g/mol. The topological polar surface area (TPSA) is 103 Å². The van der Waals surface area contributed by atoms with E-state index in [0.29, 0.717) is 17.6 Å². The molecule has 1 heterocycles. The van der Waals surface area contributed by atoms with Crippen LogP contribution in [-0.2, 0) is 21.5 Å². The molecule has 0 aliphatic carbocycles. The number of rotatable bonds is 5. The van der Waals surface area contributed by atoms with Crippen LogP contribution < -0.4 is 5.32 Å². The van der Waals surface area contributed by atoms with Crippen LogP contribution in [0.25, 0.3) is 11.0 Å². The molecule has 0 saturated heterocycles. The number of aryl methyl sites for hydroxylation is 1. The van der Waals surface area contributed by atoms with Gasteiger partial charge in [-0.3, -0.25) is 14.9 Å². The third kappa shape index (κ3) is 4.71. The molecule has 2 amide bonds. The van der Waals surface area contributed by atoms with Gasteiger partial charge < -0.3 is 4.74 Å². The van der Waals surface area contributed by atoms with Crippen LogP contribution in [-0.4, -0.2) is 39.4 Å². The molecule has 8 nitrogen and oxygen atoms in total. The second-order valence-electron chi connectivity index (χ2n) is 7.89. The summed E-state index contributed by atoms with van der Waals surface area (Å²) >= 11 is 0. The molecule has 0 spiro atoms. The van der Waals surface area contributed by atoms with E-state index in [4.69, 9.17) is 4.74 Å². The lowest BCUT2D eigenvalue weighted by molar-refractivity contribution is -0.123. The van der Waals surface area contributed by atoms with Crippen molar-refractivity contribution in [2.75, 3.05) is 6.61 Å². The van der Waals surface area contributed by atoms with Gasteiger partial charge >= 0.3 is 5.97 Å². The van der Waals surface area contributed by atoms with Gasteiger partial charge in [-0.15, -0.1) is 5.10 Å². The molecule has 0 aliphatic rings. The van der Waals surface area contributed by atoms with Gasteiger partial charge in [0.15, 0.2) is 6.61 Å². The first-order chi connectivity index (χ1) is 14.2. The molecule has 1 N–H and O–H groups in total. The van der Waals surface area contributed by atoms with E-state index in [0.717, 1.165) is 11.1 Å². The Morgan fingerprint density at radius 1 is 1.03 bits per heavy atom. The Kier molecular flexibility index (Phi) is 5.96. The average Bonchev–Trinajstić information content (AvgIpc) is 3.13. The Balaban J connectivity index is 1.56. The smallest absolute Gasteiger partial charge is 0.338 e. The Bertz CT molecular complexity index is 1090. The monoisotopic (exact) mass is 408 g/mol. The molecule has 8 heteroatoms. The van der Waals surface area contributed by atoms with Gasteiger partial charge in [0, 0.05) is 12.1 Å². The SMILES string of the molecule is CCn1nnc2cc(C(=O)OCC(=O)NC(=O)c3ccc(C(C)(C)C)cc3)ccc21. The van der Waals surface area contributed by atoms with Crippen LogP contribution in [0.3, 0.4) is 0 Å². The summed E-state index contributed by atoms with van der Waals surface area (Å²) in [4.78, 5) is 36.4. The molecule has 0 aliphatic heterocycles. The van der Waals surface area contributed by atoms with Gasteiger partial charge in [0.25, 0.3) is 11.8 Å². The lowest BCUT2D eigenvalue weighted by Crippen LogP contribution is -2.34. The first-order valence-corrected chi connectivity index (χ1v) is 9.64. The Labute approximate surface area is 174 Å². The van der Waals surface area contributed by atoms with E-state index in [1.54, 1.807) is 35.0 Å². The quantitative estimate of drug-likeness (QED) is 0.651. The number of hydrogen-bond acceptors (Lipinski definition) is 6. The van der Waals surface area contributed by atoms with E-state index in [-0.39, 0.29) is 11.0 Å². The molecule has 156 valence electrons. The number of nitrogens with one attached hydrogen (secondary N) is 1. The number of nitrogens with zero attached hydrogens (tertiary/aromatic N) is 3. The van der Waals surface area contributed by atoms with Crippen molar-refractivity contribution in [3.63, 3.8) is 0 Å². The predicted octanol–water partition coefficient (Wildman–Crippen LogP) is 2.86. The number of carbonyl (C=O) groups excluding carboxylic acids is 3. The van der Waals surface area contributed by atoms with Crippen LogP contribution in [0.4, 0.5) is 0 Å². The first-order valence-electron chi connectivity index (χ1n) is 9.64. The first kappa shape index (κ1) is 21.2. The van der Waals surface area contributed by atoms with Crippen molar-refractivity contribution < 1.29 is 19.1 Å². The Morgan fingerprint density at radius 3 is 2.33 bits per heavy atom. The number of esters is 1. The number of hydrogen-bond donors (Lipinski definition) is 1. The summed E-state index contributed by atoms with van der Waals surface area (Å²) < 4.78 is 6.72. The van der Waals surface area contributed by atoms with Crippen LogP contribution >= 0.6 is 0 Å². The number of fused-ring (bicyclic) bond motifs is 1. The predicted molar refractivity (Wildman–Crippen MR) is 111 cm³/mol. The van der Waals surface area contributed by atoms with E-state index in [2.05, 4.69) is 36.4 Å². The zero-order valence-electron chi connectivity index (χ0n) is 17.4. The number of benzene rings is 2. The maximum absolute atomic E-state index is 12.2. The zero-order valence-corrected chi connectivity index (χ0v) is 17.4. The number of imide groups is 1. The number of carbonyl (C=O) groups is 3. The Hall–Kier alpha value is -3.55. The number of ether oxygens (including phenoxy) is 1. The number of amides is 2. The largest absolute Gasteiger partial charge is 0.452 e. The molecule has 0 radical (unpaired) electrons. The highest BCUT2D eigenvalue weighted by Gasteiger charge is 2.17. The highest BCUT2D eigenvalue weighted by molar-refractivity contribution is 6.05. The molecule has 2 aromatic carbocycles. The van der Waals surface area contributed by atoms with Crippen LogP contribution in [0.15, 0.2) is 42.5 Å². The summed E-state index contributed by atoms with van der Waals surface area (Å²) in [6.07, 6.45) is 0. The van der Waals surface area contributed by atoms with E-state index < -0.39 is 24.4 Å². The maximum Gasteiger partial charge on any atom is 0.338 e. The lowest BCUT2D eigenvalue weighted by Gasteiger charge is -2.18. The number of aromatic nitrogens is 3. The minimum atomic E-state index is -0.703. The van der Waals surface area contributed by atoms with E-state index in [1.807, 2.05) is 19.1 Å². The standard InChI is InChI=1S/C22H24N4O4/c1-5-26-18-11-8-15(12-17(18)24-25-26)21(29)30-13-19(27)23-20(28)14-6-9-16(10-7-14)22(2,3)4/h6-12H,5,13H2,1-4H3,(H,23,27,28). The van der Waals surface area contributed by atoms with E-state index in [1.165, 1.54) is 0 Å². The summed E-state index contributed by atoms with van der Waals surface area (Å²) in [5, 5.41) is 10.2. The van der Waals surface area contributed by atoms with Crippen molar-refractivity contribution in [2.24, 2.45) is 0 Å². The minimum absolute atomic E-state index is 0.0349. The van der Waals surface area contributed by atoms with Crippen molar-refractivity contribution in [2.45, 2.75) is 39.7 Å². The second kappa shape index (κ2) is 8.44. The van der Waals surface area contributed by atoms with Crippen LogP contribution in [0.2, 0.25) is 0 Å². The maximum atomic E-state index is 12.2. The van der Waals surface area contributed by atoms with E-state index in [9.17, 15) is 14.4 Å². The molecular weight excluding hydrogens is 384 g/mol. The van der Waals surface area contributed by atoms with E-state index >= 15 is 0 Å². The van der Waals surface area contributed by atoms with Crippen molar-refractivity contribution in [3.8, 4) is 0 Å².